The van der Waals surface area contributed by atoms with Gasteiger partial charge in [0.05, 0.1) is 19.4 Å². The molecule has 0 radical (unpaired) electrons. The van der Waals surface area contributed by atoms with Crippen molar-refractivity contribution in [3.8, 4) is 0 Å². The number of esters is 1. The molecule has 0 spiro atoms. The average Bonchev–Trinajstić information content (AvgIpc) is 2.28. The van der Waals surface area contributed by atoms with Crippen molar-refractivity contribution < 1.29 is 44.3 Å². The van der Waals surface area contributed by atoms with Gasteiger partial charge >= 0.3 is 23.9 Å². The molecule has 0 amide bonds. The maximum Gasteiger partial charge on any atom is 0.336 e. The van der Waals surface area contributed by atoms with Gasteiger partial charge in [0.2, 0.25) is 0 Å². The van der Waals surface area contributed by atoms with Crippen LogP contribution in [0.4, 0.5) is 0 Å². The van der Waals surface area contributed by atoms with E-state index in [1.807, 2.05) is 0 Å². The lowest BCUT2D eigenvalue weighted by atomic mass is 9.96. The molecule has 0 saturated heterocycles. The third kappa shape index (κ3) is 9.59. The lowest BCUT2D eigenvalue weighted by Gasteiger charge is -2.19. The number of carboxylic acid groups (broad SMARTS) is 3. The largest absolute Gasteiger partial charge is 0.481 e. The smallest absolute Gasteiger partial charge is 0.336 e. The second-order valence-corrected chi connectivity index (χ2v) is 3.43. The average molecular weight is 292 g/mol. The number of aliphatic carboxylic acids is 3. The van der Waals surface area contributed by atoms with Crippen molar-refractivity contribution in [3.05, 3.63) is 12.7 Å². The molecule has 20 heavy (non-hydrogen) atoms. The van der Waals surface area contributed by atoms with Crippen LogP contribution in [0.1, 0.15) is 19.8 Å². The van der Waals surface area contributed by atoms with Gasteiger partial charge in [-0.3, -0.25) is 9.59 Å². The molecule has 0 aromatic rings. The molecule has 0 aliphatic rings. The topological polar surface area (TPSA) is 158 Å². The van der Waals surface area contributed by atoms with Crippen molar-refractivity contribution in [2.45, 2.75) is 25.4 Å². The Morgan fingerprint density at radius 3 is 1.85 bits per heavy atom. The lowest BCUT2D eigenvalue weighted by molar-refractivity contribution is -0.171. The van der Waals surface area contributed by atoms with Crippen LogP contribution >= 0.6 is 0 Å². The summed E-state index contributed by atoms with van der Waals surface area (Å²) in [5, 5.41) is 33.9. The maximum atomic E-state index is 10.9. The summed E-state index contributed by atoms with van der Waals surface area (Å²) in [6.45, 7) is 4.50. The fraction of sp³-hybridized carbons (Fsp3) is 0.455. The van der Waals surface area contributed by atoms with Gasteiger partial charge in [-0.2, -0.15) is 0 Å². The van der Waals surface area contributed by atoms with E-state index in [0.29, 0.717) is 0 Å². The van der Waals surface area contributed by atoms with Crippen LogP contribution in [0.25, 0.3) is 0 Å². The molecule has 4 N–H and O–H groups in total. The third-order valence-corrected chi connectivity index (χ3v) is 1.76. The van der Waals surface area contributed by atoms with Gasteiger partial charge in [0.25, 0.3) is 0 Å². The van der Waals surface area contributed by atoms with Crippen molar-refractivity contribution in [2.75, 3.05) is 6.61 Å². The quantitative estimate of drug-likeness (QED) is 0.358. The zero-order valence-corrected chi connectivity index (χ0v) is 10.7. The second-order valence-electron chi connectivity index (χ2n) is 3.43. The first kappa shape index (κ1) is 19.9. The van der Waals surface area contributed by atoms with E-state index in [-0.39, 0.29) is 6.61 Å². The van der Waals surface area contributed by atoms with Gasteiger partial charge in [0.1, 0.15) is 0 Å². The number of carbonyl (C=O) groups excluding carboxylic acids is 1. The Balaban J connectivity index is 0. The van der Waals surface area contributed by atoms with Gasteiger partial charge in [0, 0.05) is 6.08 Å². The predicted molar refractivity (Wildman–Crippen MR) is 63.9 cm³/mol. The van der Waals surface area contributed by atoms with Crippen LogP contribution < -0.4 is 0 Å². The van der Waals surface area contributed by atoms with Crippen molar-refractivity contribution in [2.24, 2.45) is 0 Å². The highest BCUT2D eigenvalue weighted by Crippen LogP contribution is 2.16. The van der Waals surface area contributed by atoms with Crippen molar-refractivity contribution in [3.63, 3.8) is 0 Å². The molecule has 9 heteroatoms. The van der Waals surface area contributed by atoms with Crippen LogP contribution in [0.15, 0.2) is 12.7 Å². The molecule has 0 fully saturated rings. The molecule has 0 rings (SSSR count). The molecular weight excluding hydrogens is 276 g/mol. The first-order valence-corrected chi connectivity index (χ1v) is 5.27. The summed E-state index contributed by atoms with van der Waals surface area (Å²) in [6, 6.07) is 0. The molecule has 9 nitrogen and oxygen atoms in total. The summed E-state index contributed by atoms with van der Waals surface area (Å²) in [7, 11) is 0. The number of hydrogen-bond donors (Lipinski definition) is 4. The standard InChI is InChI=1S/C8H12O7.C3H4O2/c1-2-15-6(11)4-8(14,7(12)13)3-5(9)10;1-2-3(4)5/h14H,2-4H2,1H3,(H,9,10)(H,12,13);2H,1H2,(H,4,5). The van der Waals surface area contributed by atoms with Crippen LogP contribution in [0.3, 0.4) is 0 Å². The van der Waals surface area contributed by atoms with Crippen LogP contribution in [-0.2, 0) is 23.9 Å². The SMILES string of the molecule is C=CC(=O)O.CCOC(=O)CC(O)(CC(=O)O)C(=O)O. The molecule has 114 valence electrons. The van der Waals surface area contributed by atoms with E-state index in [0.717, 1.165) is 6.08 Å². The molecule has 0 aromatic heterocycles. The number of rotatable bonds is 7. The van der Waals surface area contributed by atoms with Gasteiger partial charge in [-0.05, 0) is 6.92 Å². The van der Waals surface area contributed by atoms with Gasteiger partial charge in [-0.25, -0.2) is 9.59 Å². The van der Waals surface area contributed by atoms with Crippen LogP contribution in [0.5, 0.6) is 0 Å². The summed E-state index contributed by atoms with van der Waals surface area (Å²) in [4.78, 5) is 41.0. The Morgan fingerprint density at radius 2 is 1.60 bits per heavy atom. The van der Waals surface area contributed by atoms with E-state index in [4.69, 9.17) is 15.3 Å². The Bertz CT molecular complexity index is 387. The number of ether oxygens (including phenoxy) is 1. The van der Waals surface area contributed by atoms with Crippen LogP contribution in [-0.4, -0.2) is 56.5 Å². The van der Waals surface area contributed by atoms with Gasteiger partial charge in [0.15, 0.2) is 5.60 Å². The first-order valence-electron chi connectivity index (χ1n) is 5.27. The fourth-order valence-electron chi connectivity index (χ4n) is 0.915. The van der Waals surface area contributed by atoms with E-state index in [2.05, 4.69) is 11.3 Å². The number of hydrogen-bond acceptors (Lipinski definition) is 6. The number of aliphatic hydroxyl groups is 1. The molecule has 0 aromatic carbocycles. The summed E-state index contributed by atoms with van der Waals surface area (Å²) in [6.07, 6.45) is -1.11. The molecule has 1 atom stereocenters. The molecule has 0 bridgehead atoms. The van der Waals surface area contributed by atoms with Gasteiger partial charge < -0.3 is 25.2 Å². The zero-order valence-electron chi connectivity index (χ0n) is 10.7. The summed E-state index contributed by atoms with van der Waals surface area (Å²) < 4.78 is 4.41. The second kappa shape index (κ2) is 9.50. The fourth-order valence-corrected chi connectivity index (χ4v) is 0.915. The zero-order chi connectivity index (χ0) is 16.3. The highest BCUT2D eigenvalue weighted by Gasteiger charge is 2.41. The Kier molecular flexibility index (Phi) is 9.46. The van der Waals surface area contributed by atoms with E-state index in [9.17, 15) is 24.3 Å². The minimum atomic E-state index is -2.61. The monoisotopic (exact) mass is 292 g/mol. The van der Waals surface area contributed by atoms with Crippen LogP contribution in [0.2, 0.25) is 0 Å². The molecule has 1 unspecified atom stereocenters. The third-order valence-electron chi connectivity index (χ3n) is 1.76. The van der Waals surface area contributed by atoms with Gasteiger partial charge in [-0.1, -0.05) is 6.58 Å². The predicted octanol–water partition coefficient (Wildman–Crippen LogP) is -0.513. The first-order chi connectivity index (χ1) is 9.08. The highest BCUT2D eigenvalue weighted by molar-refractivity contribution is 5.88. The van der Waals surface area contributed by atoms with E-state index in [1.54, 1.807) is 0 Å². The van der Waals surface area contributed by atoms with E-state index in [1.165, 1.54) is 6.92 Å². The normalized spacial score (nSPS) is 12.1. The van der Waals surface area contributed by atoms with Gasteiger partial charge in [-0.15, -0.1) is 0 Å². The number of carbonyl (C=O) groups is 4. The van der Waals surface area contributed by atoms with Crippen molar-refractivity contribution >= 4 is 23.9 Å². The Hall–Kier alpha value is -2.42. The maximum absolute atomic E-state index is 10.9. The Labute approximate surface area is 114 Å². The van der Waals surface area contributed by atoms with E-state index >= 15 is 0 Å². The summed E-state index contributed by atoms with van der Waals surface area (Å²) in [5.41, 5.74) is -2.61. The van der Waals surface area contributed by atoms with Crippen LogP contribution in [0, 0.1) is 0 Å². The molecule has 0 aliphatic heterocycles. The molecular formula is C11H16O9. The molecule has 0 heterocycles. The summed E-state index contributed by atoms with van der Waals surface area (Å²) in [5.74, 6) is -5.21. The Morgan fingerprint density at radius 1 is 1.15 bits per heavy atom. The minimum absolute atomic E-state index is 0.0294. The van der Waals surface area contributed by atoms with Crippen molar-refractivity contribution in [1.29, 1.82) is 0 Å². The lowest BCUT2D eigenvalue weighted by Crippen LogP contribution is -2.43. The minimum Gasteiger partial charge on any atom is -0.481 e. The number of carboxylic acids is 3. The summed E-state index contributed by atoms with van der Waals surface area (Å²) >= 11 is 0. The van der Waals surface area contributed by atoms with Crippen molar-refractivity contribution in [1.82, 2.24) is 0 Å². The highest BCUT2D eigenvalue weighted by atomic mass is 16.5. The molecule has 0 aliphatic carbocycles. The van der Waals surface area contributed by atoms with E-state index < -0.39 is 42.3 Å². The molecule has 0 saturated carbocycles.